The Hall–Kier alpha value is -2.83. The molecule has 0 saturated carbocycles. The van der Waals surface area contributed by atoms with Crippen molar-refractivity contribution in [2.75, 3.05) is 19.8 Å². The van der Waals surface area contributed by atoms with E-state index in [1.54, 1.807) is 30.3 Å². The summed E-state index contributed by atoms with van der Waals surface area (Å²) in [7, 11) is 0. The van der Waals surface area contributed by atoms with Gasteiger partial charge in [0.05, 0.1) is 19.8 Å². The van der Waals surface area contributed by atoms with E-state index >= 15 is 0 Å². The lowest BCUT2D eigenvalue weighted by molar-refractivity contribution is -0.207. The molecular weight excluding hydrogens is 477 g/mol. The van der Waals surface area contributed by atoms with Gasteiger partial charge in [-0.15, -0.1) is 0 Å². The van der Waals surface area contributed by atoms with Crippen LogP contribution >= 0.6 is 0 Å². The zero-order valence-corrected chi connectivity index (χ0v) is 21.6. The maximum atomic E-state index is 15.0. The highest BCUT2D eigenvalue weighted by atomic mass is 19.2. The Balaban J connectivity index is 1.42. The minimum atomic E-state index is -0.991. The van der Waals surface area contributed by atoms with Crippen molar-refractivity contribution in [2.24, 2.45) is 5.92 Å². The predicted octanol–water partition coefficient (Wildman–Crippen LogP) is 8.86. The summed E-state index contributed by atoms with van der Waals surface area (Å²) in [5.74, 6) is -2.07. The summed E-state index contributed by atoms with van der Waals surface area (Å²) in [5.41, 5.74) is 2.48. The Kier molecular flexibility index (Phi) is 9.64. The predicted molar refractivity (Wildman–Crippen MR) is 140 cm³/mol. The van der Waals surface area contributed by atoms with Crippen LogP contribution in [0.2, 0.25) is 0 Å². The van der Waals surface area contributed by atoms with Crippen molar-refractivity contribution in [3.05, 3.63) is 77.6 Å². The summed E-state index contributed by atoms with van der Waals surface area (Å²) in [6.45, 7) is 5.66. The molecule has 0 N–H and O–H groups in total. The van der Waals surface area contributed by atoms with Crippen molar-refractivity contribution in [1.82, 2.24) is 0 Å². The Morgan fingerprint density at radius 1 is 0.757 bits per heavy atom. The summed E-state index contributed by atoms with van der Waals surface area (Å²) >= 11 is 0. The van der Waals surface area contributed by atoms with E-state index in [4.69, 9.17) is 14.2 Å². The van der Waals surface area contributed by atoms with E-state index < -0.39 is 23.7 Å². The Labute approximate surface area is 217 Å². The lowest BCUT2D eigenvalue weighted by Crippen LogP contribution is -2.27. The van der Waals surface area contributed by atoms with Gasteiger partial charge in [-0.1, -0.05) is 75.9 Å². The first-order valence-corrected chi connectivity index (χ1v) is 13.3. The van der Waals surface area contributed by atoms with Crippen molar-refractivity contribution < 1.29 is 27.4 Å². The maximum Gasteiger partial charge on any atom is 0.201 e. The second kappa shape index (κ2) is 13.1. The van der Waals surface area contributed by atoms with Gasteiger partial charge in [-0.2, -0.15) is 4.39 Å². The van der Waals surface area contributed by atoms with Crippen LogP contribution in [0.3, 0.4) is 0 Å². The smallest absolute Gasteiger partial charge is 0.201 e. The number of benzene rings is 3. The van der Waals surface area contributed by atoms with Crippen molar-refractivity contribution in [3.8, 4) is 28.0 Å². The van der Waals surface area contributed by atoms with Crippen LogP contribution in [0.1, 0.15) is 64.2 Å². The lowest BCUT2D eigenvalue weighted by atomic mass is 9.98. The number of hydrogen-bond acceptors (Lipinski definition) is 3. The summed E-state index contributed by atoms with van der Waals surface area (Å²) in [5, 5.41) is 0. The molecule has 3 aromatic carbocycles. The van der Waals surface area contributed by atoms with Crippen LogP contribution in [0.15, 0.2) is 54.6 Å². The third-order valence-electron chi connectivity index (χ3n) is 6.77. The van der Waals surface area contributed by atoms with E-state index in [9.17, 15) is 13.2 Å². The van der Waals surface area contributed by atoms with E-state index in [0.717, 1.165) is 31.2 Å². The molecule has 1 heterocycles. The van der Waals surface area contributed by atoms with Gasteiger partial charge in [-0.3, -0.25) is 0 Å². The van der Waals surface area contributed by atoms with E-state index in [0.29, 0.717) is 42.4 Å². The Bertz CT molecular complexity index is 1160. The first-order valence-electron chi connectivity index (χ1n) is 13.3. The van der Waals surface area contributed by atoms with Gasteiger partial charge in [-0.05, 0) is 47.7 Å². The van der Waals surface area contributed by atoms with Crippen LogP contribution in [-0.2, 0) is 9.47 Å². The van der Waals surface area contributed by atoms with E-state index in [1.807, 2.05) is 13.0 Å². The SMILES string of the molecule is CCCCCC1COC(c2ccc(-c3ccc(-c4ccc(OCCCC)c(F)c4F)cc3)cc2F)OC1. The highest BCUT2D eigenvalue weighted by molar-refractivity contribution is 5.71. The summed E-state index contributed by atoms with van der Waals surface area (Å²) in [6, 6.07) is 14.8. The first kappa shape index (κ1) is 27.2. The fraction of sp³-hybridized carbons (Fsp3) is 0.419. The third kappa shape index (κ3) is 6.74. The molecule has 0 spiro atoms. The highest BCUT2D eigenvalue weighted by Crippen LogP contribution is 2.34. The maximum absolute atomic E-state index is 15.0. The van der Waals surface area contributed by atoms with E-state index in [-0.39, 0.29) is 11.3 Å². The summed E-state index contributed by atoms with van der Waals surface area (Å²) in [4.78, 5) is 0. The molecule has 0 amide bonds. The fourth-order valence-electron chi connectivity index (χ4n) is 4.51. The Morgan fingerprint density at radius 2 is 1.43 bits per heavy atom. The molecule has 6 heteroatoms. The van der Waals surface area contributed by atoms with Crippen LogP contribution in [0, 0.1) is 23.4 Å². The Morgan fingerprint density at radius 3 is 2.11 bits per heavy atom. The molecule has 198 valence electrons. The lowest BCUT2D eigenvalue weighted by Gasteiger charge is -2.30. The van der Waals surface area contributed by atoms with Gasteiger partial charge >= 0.3 is 0 Å². The van der Waals surface area contributed by atoms with Gasteiger partial charge in [0.25, 0.3) is 0 Å². The van der Waals surface area contributed by atoms with Crippen molar-refractivity contribution in [1.29, 1.82) is 0 Å². The average Bonchev–Trinajstić information content (AvgIpc) is 2.92. The van der Waals surface area contributed by atoms with Crippen molar-refractivity contribution in [2.45, 2.75) is 58.7 Å². The normalized spacial score (nSPS) is 17.6. The monoisotopic (exact) mass is 512 g/mol. The van der Waals surface area contributed by atoms with Gasteiger partial charge in [0.1, 0.15) is 5.82 Å². The van der Waals surface area contributed by atoms with E-state index in [1.165, 1.54) is 31.0 Å². The molecule has 1 fully saturated rings. The van der Waals surface area contributed by atoms with Crippen LogP contribution < -0.4 is 4.74 Å². The summed E-state index contributed by atoms with van der Waals surface area (Å²) < 4.78 is 61.2. The minimum absolute atomic E-state index is 0.0835. The van der Waals surface area contributed by atoms with Crippen LogP contribution in [0.25, 0.3) is 22.3 Å². The first-order chi connectivity index (χ1) is 18.0. The number of halogens is 3. The number of unbranched alkanes of at least 4 members (excludes halogenated alkanes) is 3. The molecular formula is C31H35F3O3. The fourth-order valence-corrected chi connectivity index (χ4v) is 4.51. The van der Waals surface area contributed by atoms with Gasteiger partial charge in [0.15, 0.2) is 17.9 Å². The molecule has 1 aliphatic rings. The molecule has 4 rings (SSSR count). The van der Waals surface area contributed by atoms with Gasteiger partial charge in [0.2, 0.25) is 5.82 Å². The molecule has 0 atom stereocenters. The molecule has 0 radical (unpaired) electrons. The minimum Gasteiger partial charge on any atom is -0.490 e. The molecule has 0 bridgehead atoms. The zero-order chi connectivity index (χ0) is 26.2. The van der Waals surface area contributed by atoms with Crippen LogP contribution in [0.5, 0.6) is 5.75 Å². The number of ether oxygens (including phenoxy) is 3. The standard InChI is InChI=1S/C31H35F3O3/c1-3-5-7-8-21-19-36-31(37-20-21)26-14-13-24(18-27(26)32)22-9-11-23(12-10-22)25-15-16-28(30(34)29(25)33)35-17-6-4-2/h9-16,18,21,31H,3-8,17,19-20H2,1-2H3. The molecule has 3 nitrogen and oxygen atoms in total. The molecule has 3 aromatic rings. The van der Waals surface area contributed by atoms with Gasteiger partial charge in [-0.25, -0.2) is 8.78 Å². The molecule has 1 aliphatic heterocycles. The molecule has 0 aliphatic carbocycles. The van der Waals surface area contributed by atoms with Crippen molar-refractivity contribution >= 4 is 0 Å². The van der Waals surface area contributed by atoms with Gasteiger partial charge in [0, 0.05) is 17.0 Å². The highest BCUT2D eigenvalue weighted by Gasteiger charge is 2.25. The zero-order valence-electron chi connectivity index (χ0n) is 21.6. The topological polar surface area (TPSA) is 27.7 Å². The number of rotatable bonds is 11. The summed E-state index contributed by atoms with van der Waals surface area (Å²) in [6.07, 6.45) is 5.56. The molecule has 37 heavy (non-hydrogen) atoms. The molecule has 0 unspecified atom stereocenters. The molecule has 0 aromatic heterocycles. The second-order valence-electron chi connectivity index (χ2n) is 9.62. The second-order valence-corrected chi connectivity index (χ2v) is 9.62. The van der Waals surface area contributed by atoms with Crippen LogP contribution in [0.4, 0.5) is 13.2 Å². The van der Waals surface area contributed by atoms with Gasteiger partial charge < -0.3 is 14.2 Å². The average molecular weight is 513 g/mol. The number of hydrogen-bond donors (Lipinski definition) is 0. The van der Waals surface area contributed by atoms with Crippen LogP contribution in [-0.4, -0.2) is 19.8 Å². The third-order valence-corrected chi connectivity index (χ3v) is 6.77. The quantitative estimate of drug-likeness (QED) is 0.240. The largest absolute Gasteiger partial charge is 0.490 e. The van der Waals surface area contributed by atoms with Crippen molar-refractivity contribution in [3.63, 3.8) is 0 Å². The molecule has 1 saturated heterocycles. The van der Waals surface area contributed by atoms with E-state index in [2.05, 4.69) is 6.92 Å².